The van der Waals surface area contributed by atoms with Gasteiger partial charge < -0.3 is 5.73 Å². The number of carbonyl (C=O) groups is 2. The smallest absolute Gasteiger partial charge is 0.243 e. The molecule has 1 saturated heterocycles. The first-order valence-corrected chi connectivity index (χ1v) is 8.17. The van der Waals surface area contributed by atoms with E-state index in [1.165, 1.54) is 23.4 Å². The number of carbonyl (C=O) groups excluding carboxylic acids is 2. The number of hydrogen-bond acceptors (Lipinski definition) is 4. The minimum atomic E-state index is -3.71. The van der Waals surface area contributed by atoms with Gasteiger partial charge in [0.2, 0.25) is 15.9 Å². The molecule has 0 bridgehead atoms. The molecule has 0 aliphatic carbocycles. The Labute approximate surface area is 124 Å². The minimum Gasteiger partial charge on any atom is -0.369 e. The second-order valence-corrected chi connectivity index (χ2v) is 7.13. The highest BCUT2D eigenvalue weighted by Gasteiger charge is 2.32. The molecule has 7 heteroatoms. The van der Waals surface area contributed by atoms with E-state index in [-0.39, 0.29) is 17.2 Å². The summed E-state index contributed by atoms with van der Waals surface area (Å²) in [5.74, 6) is -1.13. The largest absolute Gasteiger partial charge is 0.369 e. The van der Waals surface area contributed by atoms with Crippen molar-refractivity contribution in [1.82, 2.24) is 4.31 Å². The molecule has 1 amide bonds. The van der Waals surface area contributed by atoms with Gasteiger partial charge in [0, 0.05) is 18.7 Å². The molecule has 1 heterocycles. The van der Waals surface area contributed by atoms with Crippen LogP contribution in [0.1, 0.15) is 30.1 Å². The molecule has 2 N–H and O–H groups in total. The van der Waals surface area contributed by atoms with Crippen molar-refractivity contribution in [3.63, 3.8) is 0 Å². The molecule has 2 rings (SSSR count). The zero-order valence-electron chi connectivity index (χ0n) is 11.8. The van der Waals surface area contributed by atoms with Gasteiger partial charge in [-0.05, 0) is 31.9 Å². The van der Waals surface area contributed by atoms with E-state index in [0.717, 1.165) is 0 Å². The van der Waals surface area contributed by atoms with Gasteiger partial charge in [-0.15, -0.1) is 0 Å². The van der Waals surface area contributed by atoms with Crippen LogP contribution in [0.4, 0.5) is 0 Å². The minimum absolute atomic E-state index is 0.0697. The van der Waals surface area contributed by atoms with Crippen LogP contribution in [-0.2, 0) is 14.8 Å². The SMILES string of the molecule is CC(=O)c1cccc(S(=O)(=O)N2CCCC(C(N)=O)C2)c1. The monoisotopic (exact) mass is 310 g/mol. The zero-order valence-corrected chi connectivity index (χ0v) is 12.6. The molecule has 1 unspecified atom stereocenters. The Morgan fingerprint density at radius 2 is 2.05 bits per heavy atom. The Bertz CT molecular complexity index is 669. The summed E-state index contributed by atoms with van der Waals surface area (Å²) in [6, 6.07) is 5.93. The van der Waals surface area contributed by atoms with Crippen LogP contribution in [0.2, 0.25) is 0 Å². The highest BCUT2D eigenvalue weighted by atomic mass is 32.2. The van der Waals surface area contributed by atoms with Crippen LogP contribution in [0.5, 0.6) is 0 Å². The molecule has 0 radical (unpaired) electrons. The number of primary amides is 1. The van der Waals surface area contributed by atoms with Gasteiger partial charge in [-0.2, -0.15) is 4.31 Å². The van der Waals surface area contributed by atoms with Crippen LogP contribution in [0.15, 0.2) is 29.2 Å². The van der Waals surface area contributed by atoms with Crippen LogP contribution in [-0.4, -0.2) is 37.5 Å². The van der Waals surface area contributed by atoms with E-state index in [1.54, 1.807) is 12.1 Å². The molecule has 1 aromatic rings. The van der Waals surface area contributed by atoms with E-state index in [9.17, 15) is 18.0 Å². The Hall–Kier alpha value is -1.73. The number of nitrogens with zero attached hydrogens (tertiary/aromatic N) is 1. The maximum Gasteiger partial charge on any atom is 0.243 e. The molecule has 1 atom stereocenters. The lowest BCUT2D eigenvalue weighted by molar-refractivity contribution is -0.122. The average molecular weight is 310 g/mol. The first-order valence-electron chi connectivity index (χ1n) is 6.73. The number of Topliss-reactive ketones (excluding diaryl/α,β-unsaturated/α-hetero) is 1. The normalized spacial score (nSPS) is 20.1. The van der Waals surface area contributed by atoms with E-state index in [4.69, 9.17) is 5.73 Å². The standard InChI is InChI=1S/C14H18N2O4S/c1-10(17)11-4-2-6-13(8-11)21(19,20)16-7-3-5-12(9-16)14(15)18/h2,4,6,8,12H,3,5,7,9H2,1H3,(H2,15,18). The molecular weight excluding hydrogens is 292 g/mol. The van der Waals surface area contributed by atoms with Gasteiger partial charge in [-0.1, -0.05) is 12.1 Å². The van der Waals surface area contributed by atoms with Crippen LogP contribution >= 0.6 is 0 Å². The molecule has 114 valence electrons. The fourth-order valence-corrected chi connectivity index (χ4v) is 3.99. The lowest BCUT2D eigenvalue weighted by Crippen LogP contribution is -2.44. The summed E-state index contributed by atoms with van der Waals surface area (Å²) in [6.45, 7) is 1.84. The topological polar surface area (TPSA) is 97.5 Å². The second-order valence-electron chi connectivity index (χ2n) is 5.19. The molecule has 0 spiro atoms. The van der Waals surface area contributed by atoms with Gasteiger partial charge in [-0.25, -0.2) is 8.42 Å². The predicted molar refractivity (Wildman–Crippen MR) is 77.1 cm³/mol. The number of rotatable bonds is 4. The molecule has 6 nitrogen and oxygen atoms in total. The molecule has 21 heavy (non-hydrogen) atoms. The summed E-state index contributed by atoms with van der Waals surface area (Å²) in [6.07, 6.45) is 1.20. The van der Waals surface area contributed by atoms with Crippen molar-refractivity contribution in [1.29, 1.82) is 0 Å². The average Bonchev–Trinajstić information content (AvgIpc) is 2.47. The van der Waals surface area contributed by atoms with E-state index < -0.39 is 21.8 Å². The number of sulfonamides is 1. The van der Waals surface area contributed by atoms with Gasteiger partial charge in [0.1, 0.15) is 0 Å². The van der Waals surface area contributed by atoms with Crippen molar-refractivity contribution >= 4 is 21.7 Å². The van der Waals surface area contributed by atoms with Crippen molar-refractivity contribution in [2.45, 2.75) is 24.7 Å². The van der Waals surface area contributed by atoms with Crippen LogP contribution < -0.4 is 5.73 Å². The Morgan fingerprint density at radius 3 is 2.67 bits per heavy atom. The number of benzene rings is 1. The predicted octanol–water partition coefficient (Wildman–Crippen LogP) is 0.775. The third-order valence-electron chi connectivity index (χ3n) is 3.66. The van der Waals surface area contributed by atoms with E-state index >= 15 is 0 Å². The van der Waals surface area contributed by atoms with Crippen molar-refractivity contribution in [3.05, 3.63) is 29.8 Å². The Morgan fingerprint density at radius 1 is 1.33 bits per heavy atom. The van der Waals surface area contributed by atoms with Crippen LogP contribution in [0, 0.1) is 5.92 Å². The summed E-state index contributed by atoms with van der Waals surface area (Å²) in [7, 11) is -3.71. The lowest BCUT2D eigenvalue weighted by Gasteiger charge is -2.30. The summed E-state index contributed by atoms with van der Waals surface area (Å²) < 4.78 is 26.5. The number of nitrogens with two attached hydrogens (primary N) is 1. The van der Waals surface area contributed by atoms with Crippen LogP contribution in [0.3, 0.4) is 0 Å². The number of amides is 1. The molecule has 1 aliphatic rings. The maximum absolute atomic E-state index is 12.6. The number of piperidine rings is 1. The van der Waals surface area contributed by atoms with Gasteiger partial charge in [0.15, 0.2) is 5.78 Å². The number of hydrogen-bond donors (Lipinski definition) is 1. The molecule has 1 fully saturated rings. The Kier molecular flexibility index (Phi) is 4.43. The third-order valence-corrected chi connectivity index (χ3v) is 5.53. The van der Waals surface area contributed by atoms with Gasteiger partial charge in [-0.3, -0.25) is 9.59 Å². The Balaban J connectivity index is 2.31. The van der Waals surface area contributed by atoms with Gasteiger partial charge in [0.25, 0.3) is 0 Å². The molecule has 0 aromatic heterocycles. The fourth-order valence-electron chi connectivity index (χ4n) is 2.42. The first kappa shape index (κ1) is 15.7. The van der Waals surface area contributed by atoms with E-state index in [1.807, 2.05) is 0 Å². The third kappa shape index (κ3) is 3.30. The highest BCUT2D eigenvalue weighted by Crippen LogP contribution is 2.24. The molecule has 1 aliphatic heterocycles. The lowest BCUT2D eigenvalue weighted by atomic mass is 9.99. The zero-order chi connectivity index (χ0) is 15.6. The molecule has 1 aromatic carbocycles. The quantitative estimate of drug-likeness (QED) is 0.831. The second kappa shape index (κ2) is 5.95. The van der Waals surface area contributed by atoms with Crippen molar-refractivity contribution in [2.24, 2.45) is 11.7 Å². The van der Waals surface area contributed by atoms with E-state index in [0.29, 0.717) is 24.9 Å². The van der Waals surface area contributed by atoms with Gasteiger partial charge in [0.05, 0.1) is 10.8 Å². The van der Waals surface area contributed by atoms with Crippen LogP contribution in [0.25, 0.3) is 0 Å². The van der Waals surface area contributed by atoms with Crippen molar-refractivity contribution in [3.8, 4) is 0 Å². The number of ketones is 1. The summed E-state index contributed by atoms with van der Waals surface area (Å²) >= 11 is 0. The molecule has 0 saturated carbocycles. The fraction of sp³-hybridized carbons (Fsp3) is 0.429. The summed E-state index contributed by atoms with van der Waals surface area (Å²) in [4.78, 5) is 22.7. The maximum atomic E-state index is 12.6. The van der Waals surface area contributed by atoms with Crippen molar-refractivity contribution in [2.75, 3.05) is 13.1 Å². The van der Waals surface area contributed by atoms with E-state index in [2.05, 4.69) is 0 Å². The van der Waals surface area contributed by atoms with Crippen molar-refractivity contribution < 1.29 is 18.0 Å². The molecular formula is C14H18N2O4S. The highest BCUT2D eigenvalue weighted by molar-refractivity contribution is 7.89. The van der Waals surface area contributed by atoms with Gasteiger partial charge >= 0.3 is 0 Å². The summed E-state index contributed by atoms with van der Waals surface area (Å²) in [5, 5.41) is 0. The first-order chi connectivity index (χ1) is 9.82. The summed E-state index contributed by atoms with van der Waals surface area (Å²) in [5.41, 5.74) is 5.62.